The lowest BCUT2D eigenvalue weighted by Crippen LogP contribution is -2.12. The fourth-order valence-electron chi connectivity index (χ4n) is 1.80. The van der Waals surface area contributed by atoms with Gasteiger partial charge in [-0.3, -0.25) is 4.79 Å². The standard InChI is InChI=1S/C12H11N3O3/c1-18-7-11-14-9-4-8(5-13)2-3-10(9)15(11)6-12(16)17/h2-4H,6-7H2,1H3,(H,16,17). The first-order chi connectivity index (χ1) is 8.65. The van der Waals surface area contributed by atoms with E-state index in [1.54, 1.807) is 22.8 Å². The molecule has 0 saturated carbocycles. The van der Waals surface area contributed by atoms with E-state index in [1.807, 2.05) is 6.07 Å². The molecule has 2 rings (SSSR count). The van der Waals surface area contributed by atoms with E-state index < -0.39 is 5.97 Å². The van der Waals surface area contributed by atoms with Crippen molar-refractivity contribution in [3.8, 4) is 6.07 Å². The highest BCUT2D eigenvalue weighted by Gasteiger charge is 2.13. The minimum absolute atomic E-state index is 0.179. The summed E-state index contributed by atoms with van der Waals surface area (Å²) >= 11 is 0. The summed E-state index contributed by atoms with van der Waals surface area (Å²) in [6.45, 7) is 0.0466. The molecular weight excluding hydrogens is 234 g/mol. The summed E-state index contributed by atoms with van der Waals surface area (Å²) in [4.78, 5) is 15.1. The zero-order valence-electron chi connectivity index (χ0n) is 9.75. The van der Waals surface area contributed by atoms with Gasteiger partial charge in [0, 0.05) is 7.11 Å². The number of hydrogen-bond donors (Lipinski definition) is 1. The number of carboxylic acid groups (broad SMARTS) is 1. The van der Waals surface area contributed by atoms with Gasteiger partial charge in [0.1, 0.15) is 19.0 Å². The van der Waals surface area contributed by atoms with Crippen LogP contribution in [0.2, 0.25) is 0 Å². The smallest absolute Gasteiger partial charge is 0.323 e. The predicted octanol–water partition coefficient (Wildman–Crippen LogP) is 1.14. The Labute approximate surface area is 103 Å². The molecule has 0 atom stereocenters. The number of hydrogen-bond acceptors (Lipinski definition) is 4. The van der Waals surface area contributed by atoms with Crippen LogP contribution in [0.4, 0.5) is 0 Å². The predicted molar refractivity (Wildman–Crippen MR) is 62.8 cm³/mol. The molecule has 0 unspecified atom stereocenters. The van der Waals surface area contributed by atoms with Gasteiger partial charge in [-0.1, -0.05) is 0 Å². The Morgan fingerprint density at radius 2 is 2.39 bits per heavy atom. The number of nitriles is 1. The average Bonchev–Trinajstić information content (AvgIpc) is 2.66. The number of fused-ring (bicyclic) bond motifs is 1. The van der Waals surface area contributed by atoms with Crippen molar-refractivity contribution >= 4 is 17.0 Å². The maximum absolute atomic E-state index is 10.8. The van der Waals surface area contributed by atoms with Gasteiger partial charge in [-0.15, -0.1) is 0 Å². The topological polar surface area (TPSA) is 88.1 Å². The number of carbonyl (C=O) groups is 1. The summed E-state index contributed by atoms with van der Waals surface area (Å²) in [5.74, 6) is -0.416. The molecule has 0 spiro atoms. The van der Waals surface area contributed by atoms with E-state index in [9.17, 15) is 4.79 Å². The zero-order valence-corrected chi connectivity index (χ0v) is 9.75. The largest absolute Gasteiger partial charge is 0.480 e. The van der Waals surface area contributed by atoms with Gasteiger partial charge in [0.15, 0.2) is 0 Å². The van der Waals surface area contributed by atoms with Crippen LogP contribution in [0.1, 0.15) is 11.4 Å². The van der Waals surface area contributed by atoms with Crippen LogP contribution in [0.15, 0.2) is 18.2 Å². The molecule has 0 aliphatic carbocycles. The van der Waals surface area contributed by atoms with Gasteiger partial charge in [0.05, 0.1) is 22.7 Å². The van der Waals surface area contributed by atoms with Crippen molar-refractivity contribution < 1.29 is 14.6 Å². The Balaban J connectivity index is 2.59. The summed E-state index contributed by atoms with van der Waals surface area (Å²) < 4.78 is 6.57. The highest BCUT2D eigenvalue weighted by molar-refractivity contribution is 5.79. The molecule has 1 aromatic carbocycles. The van der Waals surface area contributed by atoms with Crippen LogP contribution in [0, 0.1) is 11.3 Å². The van der Waals surface area contributed by atoms with Crippen LogP contribution < -0.4 is 0 Å². The highest BCUT2D eigenvalue weighted by Crippen LogP contribution is 2.18. The molecule has 0 amide bonds. The molecule has 1 heterocycles. The Kier molecular flexibility index (Phi) is 3.26. The van der Waals surface area contributed by atoms with Gasteiger partial charge in [-0.2, -0.15) is 5.26 Å². The Morgan fingerprint density at radius 3 is 3.00 bits per heavy atom. The van der Waals surface area contributed by atoms with E-state index in [-0.39, 0.29) is 13.2 Å². The lowest BCUT2D eigenvalue weighted by Gasteiger charge is -2.04. The fraction of sp³-hybridized carbons (Fsp3) is 0.250. The van der Waals surface area contributed by atoms with E-state index >= 15 is 0 Å². The first-order valence-electron chi connectivity index (χ1n) is 5.25. The second-order valence-electron chi connectivity index (χ2n) is 3.76. The number of methoxy groups -OCH3 is 1. The van der Waals surface area contributed by atoms with E-state index in [0.29, 0.717) is 22.4 Å². The van der Waals surface area contributed by atoms with Crippen LogP contribution in [0.5, 0.6) is 0 Å². The SMILES string of the molecule is COCc1nc2cc(C#N)ccc2n1CC(=O)O. The number of carboxylic acids is 1. The normalized spacial score (nSPS) is 10.4. The molecule has 6 nitrogen and oxygen atoms in total. The van der Waals surface area contributed by atoms with Crippen LogP contribution in [0.25, 0.3) is 11.0 Å². The lowest BCUT2D eigenvalue weighted by atomic mass is 10.2. The molecule has 1 aromatic heterocycles. The zero-order chi connectivity index (χ0) is 13.1. The van der Waals surface area contributed by atoms with Crippen LogP contribution in [-0.4, -0.2) is 27.7 Å². The maximum atomic E-state index is 10.8. The van der Waals surface area contributed by atoms with Crippen molar-refractivity contribution in [1.82, 2.24) is 9.55 Å². The van der Waals surface area contributed by atoms with Crippen molar-refractivity contribution in [3.05, 3.63) is 29.6 Å². The highest BCUT2D eigenvalue weighted by atomic mass is 16.5. The molecule has 92 valence electrons. The van der Waals surface area contributed by atoms with Crippen LogP contribution in [-0.2, 0) is 22.7 Å². The molecule has 6 heteroatoms. The van der Waals surface area contributed by atoms with Gasteiger partial charge in [0.25, 0.3) is 0 Å². The molecule has 0 aliphatic rings. The monoisotopic (exact) mass is 245 g/mol. The molecule has 18 heavy (non-hydrogen) atoms. The van der Waals surface area contributed by atoms with Crippen LogP contribution in [0.3, 0.4) is 0 Å². The first-order valence-corrected chi connectivity index (χ1v) is 5.25. The number of nitrogens with zero attached hydrogens (tertiary/aromatic N) is 3. The van der Waals surface area contributed by atoms with E-state index in [1.165, 1.54) is 7.11 Å². The average molecular weight is 245 g/mol. The van der Waals surface area contributed by atoms with Crippen molar-refractivity contribution in [3.63, 3.8) is 0 Å². The van der Waals surface area contributed by atoms with Crippen molar-refractivity contribution in [2.24, 2.45) is 0 Å². The maximum Gasteiger partial charge on any atom is 0.323 e. The number of imidazole rings is 1. The molecule has 0 saturated heterocycles. The minimum Gasteiger partial charge on any atom is -0.480 e. The van der Waals surface area contributed by atoms with Gasteiger partial charge in [-0.25, -0.2) is 4.98 Å². The molecule has 0 aliphatic heterocycles. The van der Waals surface area contributed by atoms with E-state index in [2.05, 4.69) is 4.98 Å². The number of benzene rings is 1. The van der Waals surface area contributed by atoms with E-state index in [0.717, 1.165) is 0 Å². The second-order valence-corrected chi connectivity index (χ2v) is 3.76. The first kappa shape index (κ1) is 12.1. The number of ether oxygens (including phenoxy) is 1. The number of aliphatic carboxylic acids is 1. The third-order valence-corrected chi connectivity index (χ3v) is 2.52. The molecule has 1 N–H and O–H groups in total. The van der Waals surface area contributed by atoms with Gasteiger partial charge >= 0.3 is 5.97 Å². The summed E-state index contributed by atoms with van der Waals surface area (Å²) in [7, 11) is 1.52. The van der Waals surface area contributed by atoms with Gasteiger partial charge in [0.2, 0.25) is 0 Å². The quantitative estimate of drug-likeness (QED) is 0.872. The number of rotatable bonds is 4. The molecular formula is C12H11N3O3. The molecule has 0 radical (unpaired) electrons. The van der Waals surface area contributed by atoms with E-state index in [4.69, 9.17) is 15.1 Å². The van der Waals surface area contributed by atoms with Crippen LogP contribution >= 0.6 is 0 Å². The summed E-state index contributed by atoms with van der Waals surface area (Å²) in [6.07, 6.45) is 0. The molecule has 0 bridgehead atoms. The Morgan fingerprint density at radius 1 is 1.61 bits per heavy atom. The third-order valence-electron chi connectivity index (χ3n) is 2.52. The van der Waals surface area contributed by atoms with Crippen molar-refractivity contribution in [2.45, 2.75) is 13.2 Å². The minimum atomic E-state index is -0.948. The molecule has 2 aromatic rings. The van der Waals surface area contributed by atoms with Crippen molar-refractivity contribution in [1.29, 1.82) is 5.26 Å². The Bertz CT molecular complexity index is 640. The third kappa shape index (κ3) is 2.17. The van der Waals surface area contributed by atoms with Gasteiger partial charge in [-0.05, 0) is 18.2 Å². The Hall–Kier alpha value is -2.39. The fourth-order valence-corrected chi connectivity index (χ4v) is 1.80. The van der Waals surface area contributed by atoms with Crippen molar-refractivity contribution in [2.75, 3.05) is 7.11 Å². The summed E-state index contributed by atoms with van der Waals surface area (Å²) in [5, 5.41) is 17.7. The number of aromatic nitrogens is 2. The lowest BCUT2D eigenvalue weighted by molar-refractivity contribution is -0.137. The second kappa shape index (κ2) is 4.85. The van der Waals surface area contributed by atoms with Gasteiger partial charge < -0.3 is 14.4 Å². The summed E-state index contributed by atoms with van der Waals surface area (Å²) in [5.41, 5.74) is 1.78. The summed E-state index contributed by atoms with van der Waals surface area (Å²) in [6, 6.07) is 6.99. The molecule has 0 fully saturated rings.